The van der Waals surface area contributed by atoms with E-state index in [4.69, 9.17) is 21.1 Å². The summed E-state index contributed by atoms with van der Waals surface area (Å²) in [6.07, 6.45) is 1.30. The van der Waals surface area contributed by atoms with Crippen LogP contribution in [0.15, 0.2) is 30.3 Å². The molecule has 0 aliphatic carbocycles. The highest BCUT2D eigenvalue weighted by molar-refractivity contribution is 6.30. The van der Waals surface area contributed by atoms with Gasteiger partial charge in [0.1, 0.15) is 23.7 Å². The van der Waals surface area contributed by atoms with E-state index in [2.05, 4.69) is 18.7 Å². The van der Waals surface area contributed by atoms with Gasteiger partial charge in [-0.3, -0.25) is 4.79 Å². The van der Waals surface area contributed by atoms with Gasteiger partial charge in [-0.05, 0) is 63.7 Å². The van der Waals surface area contributed by atoms with E-state index in [1.807, 2.05) is 44.4 Å². The Morgan fingerprint density at radius 3 is 2.67 bits per heavy atom. The van der Waals surface area contributed by atoms with Crippen LogP contribution in [-0.4, -0.2) is 35.7 Å². The minimum atomic E-state index is -0.790. The smallest absolute Gasteiger partial charge is 0.306 e. The molecule has 0 amide bonds. The number of fused-ring (bicyclic) bond motifs is 1. The topological polar surface area (TPSA) is 59.0 Å². The molecule has 2 aromatic rings. The number of carbonyl (C=O) groups is 1. The first kappa shape index (κ1) is 22.4. The van der Waals surface area contributed by atoms with Gasteiger partial charge in [-0.25, -0.2) is 0 Å². The molecule has 0 bridgehead atoms. The molecule has 0 saturated heterocycles. The third-order valence-electron chi connectivity index (χ3n) is 5.16. The van der Waals surface area contributed by atoms with E-state index in [1.165, 1.54) is 0 Å². The normalized spacial score (nSPS) is 15.6. The Balaban J connectivity index is 1.82. The van der Waals surface area contributed by atoms with Gasteiger partial charge in [0.05, 0.1) is 5.92 Å². The van der Waals surface area contributed by atoms with Crippen LogP contribution in [0.3, 0.4) is 0 Å². The van der Waals surface area contributed by atoms with Crippen molar-refractivity contribution in [1.29, 1.82) is 0 Å². The predicted octanol–water partition coefficient (Wildman–Crippen LogP) is 4.96. The Bertz CT molecular complexity index is 939. The van der Waals surface area contributed by atoms with E-state index in [-0.39, 0.29) is 5.60 Å². The van der Waals surface area contributed by atoms with Gasteiger partial charge in [0.15, 0.2) is 0 Å². The van der Waals surface area contributed by atoms with Gasteiger partial charge in [-0.2, -0.15) is 0 Å². The number of aliphatic carboxylic acids is 1. The molecule has 2 aromatic carbocycles. The van der Waals surface area contributed by atoms with Gasteiger partial charge in [0, 0.05) is 29.1 Å². The second-order valence-electron chi connectivity index (χ2n) is 9.00. The second-order valence-corrected chi connectivity index (χ2v) is 9.44. The number of benzene rings is 2. The molecule has 6 heteroatoms. The fraction of sp³-hybridized carbons (Fsp3) is 0.458. The van der Waals surface area contributed by atoms with Crippen molar-refractivity contribution in [2.24, 2.45) is 5.92 Å². The number of halogens is 1. The number of nitrogens with zero attached hydrogens (tertiary/aromatic N) is 1. The second kappa shape index (κ2) is 8.86. The highest BCUT2D eigenvalue weighted by atomic mass is 35.5. The first-order valence-corrected chi connectivity index (χ1v) is 10.5. The number of rotatable bonds is 8. The predicted molar refractivity (Wildman–Crippen MR) is 119 cm³/mol. The van der Waals surface area contributed by atoms with Crippen LogP contribution in [0.5, 0.6) is 11.5 Å². The molecule has 5 nitrogen and oxygen atoms in total. The number of ether oxygens (including phenoxy) is 2. The maximum atomic E-state index is 11.2. The zero-order chi connectivity index (χ0) is 22.1. The highest BCUT2D eigenvalue weighted by Crippen LogP contribution is 2.40. The van der Waals surface area contributed by atoms with Crippen LogP contribution in [0.25, 0.3) is 0 Å². The lowest BCUT2D eigenvalue weighted by molar-refractivity contribution is -0.141. The van der Waals surface area contributed by atoms with E-state index in [0.29, 0.717) is 24.6 Å². The molecule has 0 spiro atoms. The molecule has 0 aromatic heterocycles. The fourth-order valence-electron chi connectivity index (χ4n) is 3.81. The molecule has 1 N–H and O–H groups in total. The van der Waals surface area contributed by atoms with Gasteiger partial charge in [0.25, 0.3) is 0 Å². The summed E-state index contributed by atoms with van der Waals surface area (Å²) in [4.78, 5) is 13.3. The average molecular weight is 432 g/mol. The average Bonchev–Trinajstić information content (AvgIpc) is 2.94. The summed E-state index contributed by atoms with van der Waals surface area (Å²) >= 11 is 6.33. The van der Waals surface area contributed by atoms with Gasteiger partial charge >= 0.3 is 5.97 Å². The molecule has 30 heavy (non-hydrogen) atoms. The minimum Gasteiger partial charge on any atom is -0.488 e. The van der Waals surface area contributed by atoms with Crippen LogP contribution in [0.2, 0.25) is 5.02 Å². The van der Waals surface area contributed by atoms with Crippen LogP contribution in [0.1, 0.15) is 43.0 Å². The first-order chi connectivity index (χ1) is 14.0. The van der Waals surface area contributed by atoms with Crippen molar-refractivity contribution in [3.05, 3.63) is 57.6 Å². The van der Waals surface area contributed by atoms with E-state index in [0.717, 1.165) is 40.2 Å². The molecule has 0 fully saturated rings. The van der Waals surface area contributed by atoms with Crippen molar-refractivity contribution >= 4 is 17.6 Å². The molecular weight excluding hydrogens is 402 g/mol. The number of carboxylic acids is 1. The third-order valence-corrected chi connectivity index (χ3v) is 5.38. The lowest BCUT2D eigenvalue weighted by Crippen LogP contribution is -2.25. The fourth-order valence-corrected chi connectivity index (χ4v) is 4.08. The largest absolute Gasteiger partial charge is 0.488 e. The van der Waals surface area contributed by atoms with Crippen LogP contribution in [-0.2, 0) is 30.8 Å². The molecule has 162 valence electrons. The van der Waals surface area contributed by atoms with E-state index in [1.54, 1.807) is 6.92 Å². The zero-order valence-electron chi connectivity index (χ0n) is 18.3. The summed E-state index contributed by atoms with van der Waals surface area (Å²) in [6.45, 7) is 6.90. The molecule has 3 rings (SSSR count). The Kier molecular flexibility index (Phi) is 6.63. The summed E-state index contributed by atoms with van der Waals surface area (Å²) in [7, 11) is 3.99. The monoisotopic (exact) mass is 431 g/mol. The van der Waals surface area contributed by atoms with Crippen molar-refractivity contribution in [3.8, 4) is 11.5 Å². The highest BCUT2D eigenvalue weighted by Gasteiger charge is 2.32. The summed E-state index contributed by atoms with van der Waals surface area (Å²) in [5.41, 5.74) is 3.80. The molecule has 1 atom stereocenters. The van der Waals surface area contributed by atoms with E-state index < -0.39 is 11.9 Å². The SMILES string of the molecule is CC(Cc1ccc(OCc2cc(Cl)cc3c2OC(C)(C)C3)c(CN(C)C)c1)C(=O)O. The lowest BCUT2D eigenvalue weighted by Gasteiger charge is -2.20. The summed E-state index contributed by atoms with van der Waals surface area (Å²) in [6, 6.07) is 9.77. The summed E-state index contributed by atoms with van der Waals surface area (Å²) in [5.74, 6) is 0.424. The number of hydrogen-bond acceptors (Lipinski definition) is 4. The van der Waals surface area contributed by atoms with Crippen molar-refractivity contribution in [2.75, 3.05) is 14.1 Å². The maximum Gasteiger partial charge on any atom is 0.306 e. The van der Waals surface area contributed by atoms with Crippen molar-refractivity contribution in [3.63, 3.8) is 0 Å². The molecular formula is C24H30ClNO4. The van der Waals surface area contributed by atoms with E-state index >= 15 is 0 Å². The van der Waals surface area contributed by atoms with Crippen molar-refractivity contribution < 1.29 is 19.4 Å². The molecule has 1 aliphatic rings. The Morgan fingerprint density at radius 1 is 1.27 bits per heavy atom. The Morgan fingerprint density at radius 2 is 2.00 bits per heavy atom. The van der Waals surface area contributed by atoms with E-state index in [9.17, 15) is 9.90 Å². The van der Waals surface area contributed by atoms with Gasteiger partial charge in [-0.15, -0.1) is 0 Å². The Hall–Kier alpha value is -2.24. The van der Waals surface area contributed by atoms with Gasteiger partial charge in [-0.1, -0.05) is 30.7 Å². The maximum absolute atomic E-state index is 11.2. The standard InChI is InChI=1S/C24H30ClNO4/c1-15(23(27)28)8-16-6-7-21(18(9-16)13-26(4)5)29-14-19-11-20(25)10-17-12-24(2,3)30-22(17)19/h6-7,9-11,15H,8,12-14H2,1-5H3,(H,27,28). The Labute approximate surface area is 183 Å². The summed E-state index contributed by atoms with van der Waals surface area (Å²) < 4.78 is 12.3. The lowest BCUT2D eigenvalue weighted by atomic mass is 9.99. The number of carboxylic acid groups (broad SMARTS) is 1. The van der Waals surface area contributed by atoms with Crippen LogP contribution in [0, 0.1) is 5.92 Å². The van der Waals surface area contributed by atoms with Crippen LogP contribution < -0.4 is 9.47 Å². The molecule has 0 saturated carbocycles. The molecule has 1 aliphatic heterocycles. The third kappa shape index (κ3) is 5.46. The first-order valence-electron chi connectivity index (χ1n) is 10.2. The van der Waals surface area contributed by atoms with Gasteiger partial charge in [0.2, 0.25) is 0 Å². The van der Waals surface area contributed by atoms with Crippen molar-refractivity contribution in [1.82, 2.24) is 4.90 Å². The van der Waals surface area contributed by atoms with Crippen LogP contribution in [0.4, 0.5) is 0 Å². The minimum absolute atomic E-state index is 0.250. The van der Waals surface area contributed by atoms with Gasteiger partial charge < -0.3 is 19.5 Å². The quantitative estimate of drug-likeness (QED) is 0.640. The zero-order valence-corrected chi connectivity index (χ0v) is 19.0. The summed E-state index contributed by atoms with van der Waals surface area (Å²) in [5, 5.41) is 9.88. The van der Waals surface area contributed by atoms with Crippen LogP contribution >= 0.6 is 11.6 Å². The molecule has 0 radical (unpaired) electrons. The molecule has 1 heterocycles. The molecule has 1 unspecified atom stereocenters. The number of hydrogen-bond donors (Lipinski definition) is 1. The van der Waals surface area contributed by atoms with Crippen molar-refractivity contribution in [2.45, 2.75) is 52.4 Å².